The number of hydrogen-bond acceptors (Lipinski definition) is 1. The summed E-state index contributed by atoms with van der Waals surface area (Å²) in [5.74, 6) is 2.75. The molecule has 10 heavy (non-hydrogen) atoms. The molecule has 1 aliphatic carbocycles. The molecule has 1 saturated carbocycles. The normalized spacial score (nSPS) is 35.1. The van der Waals surface area contributed by atoms with Gasteiger partial charge in [0.05, 0.1) is 0 Å². The molecule has 1 atom stereocenters. The van der Waals surface area contributed by atoms with Gasteiger partial charge in [0.1, 0.15) is 0 Å². The van der Waals surface area contributed by atoms with Crippen LogP contribution in [0.2, 0.25) is 0 Å². The molecule has 0 aromatic carbocycles. The van der Waals surface area contributed by atoms with Gasteiger partial charge in [0, 0.05) is 0 Å². The Morgan fingerprint density at radius 1 is 1.50 bits per heavy atom. The van der Waals surface area contributed by atoms with Crippen molar-refractivity contribution < 1.29 is 0 Å². The molecule has 0 radical (unpaired) electrons. The van der Waals surface area contributed by atoms with Crippen molar-refractivity contribution in [1.82, 2.24) is 0 Å². The van der Waals surface area contributed by atoms with Crippen LogP contribution in [0.1, 0.15) is 33.1 Å². The Hall–Kier alpha value is -0.0400. The molecule has 0 unspecified atom stereocenters. The fourth-order valence-corrected chi connectivity index (χ4v) is 1.78. The van der Waals surface area contributed by atoms with E-state index >= 15 is 0 Å². The van der Waals surface area contributed by atoms with Gasteiger partial charge in [-0.1, -0.05) is 20.3 Å². The zero-order valence-corrected chi connectivity index (χ0v) is 7.14. The Kier molecular flexibility index (Phi) is 2.72. The van der Waals surface area contributed by atoms with Crippen LogP contribution < -0.4 is 5.73 Å². The van der Waals surface area contributed by atoms with E-state index in [9.17, 15) is 0 Å². The van der Waals surface area contributed by atoms with Crippen LogP contribution in [0.4, 0.5) is 0 Å². The summed E-state index contributed by atoms with van der Waals surface area (Å²) in [5, 5.41) is 0. The van der Waals surface area contributed by atoms with Crippen molar-refractivity contribution in [3.8, 4) is 0 Å². The molecule has 0 aliphatic heterocycles. The van der Waals surface area contributed by atoms with Crippen LogP contribution in [0.25, 0.3) is 0 Å². The van der Waals surface area contributed by atoms with E-state index in [2.05, 4.69) is 13.8 Å². The first-order chi connectivity index (χ1) is 4.77. The van der Waals surface area contributed by atoms with E-state index < -0.39 is 0 Å². The largest absolute Gasteiger partial charge is 0.330 e. The summed E-state index contributed by atoms with van der Waals surface area (Å²) in [4.78, 5) is 0. The van der Waals surface area contributed by atoms with Gasteiger partial charge in [0.2, 0.25) is 0 Å². The fourth-order valence-electron chi connectivity index (χ4n) is 1.78. The lowest BCUT2D eigenvalue weighted by Crippen LogP contribution is -2.32. The van der Waals surface area contributed by atoms with Gasteiger partial charge in [-0.25, -0.2) is 0 Å². The van der Waals surface area contributed by atoms with Crippen molar-refractivity contribution in [2.24, 2.45) is 23.5 Å². The molecule has 0 saturated heterocycles. The fraction of sp³-hybridized carbons (Fsp3) is 1.00. The molecule has 1 heteroatoms. The van der Waals surface area contributed by atoms with Crippen molar-refractivity contribution in [2.45, 2.75) is 33.1 Å². The van der Waals surface area contributed by atoms with Crippen LogP contribution in [0, 0.1) is 17.8 Å². The van der Waals surface area contributed by atoms with E-state index in [1.807, 2.05) is 0 Å². The van der Waals surface area contributed by atoms with E-state index in [0.29, 0.717) is 0 Å². The molecule has 60 valence electrons. The molecule has 1 nitrogen and oxygen atoms in total. The van der Waals surface area contributed by atoms with E-state index in [4.69, 9.17) is 5.73 Å². The van der Waals surface area contributed by atoms with Gasteiger partial charge in [-0.2, -0.15) is 0 Å². The first-order valence-corrected chi connectivity index (χ1v) is 4.48. The molecule has 0 heterocycles. The van der Waals surface area contributed by atoms with Crippen molar-refractivity contribution >= 4 is 0 Å². The maximum absolute atomic E-state index is 5.57. The molecule has 0 bridgehead atoms. The number of rotatable bonds is 3. The zero-order valence-electron chi connectivity index (χ0n) is 7.14. The second kappa shape index (κ2) is 3.38. The summed E-state index contributed by atoms with van der Waals surface area (Å²) >= 11 is 0. The number of nitrogens with two attached hydrogens (primary N) is 1. The predicted octanol–water partition coefficient (Wildman–Crippen LogP) is 2.02. The summed E-state index contributed by atoms with van der Waals surface area (Å²) in [6.07, 6.45) is 4.25. The maximum atomic E-state index is 5.57. The summed E-state index contributed by atoms with van der Waals surface area (Å²) < 4.78 is 0. The average molecular weight is 141 g/mol. The van der Waals surface area contributed by atoms with Crippen molar-refractivity contribution in [2.75, 3.05) is 6.54 Å². The third-order valence-electron chi connectivity index (χ3n) is 3.03. The summed E-state index contributed by atoms with van der Waals surface area (Å²) in [6.45, 7) is 5.44. The summed E-state index contributed by atoms with van der Waals surface area (Å²) in [7, 11) is 0. The van der Waals surface area contributed by atoms with Crippen LogP contribution in [0.15, 0.2) is 0 Å². The van der Waals surface area contributed by atoms with Gasteiger partial charge in [0.15, 0.2) is 0 Å². The van der Waals surface area contributed by atoms with Crippen molar-refractivity contribution in [1.29, 1.82) is 0 Å². The quantitative estimate of drug-likeness (QED) is 0.639. The SMILES string of the molecule is CC[C@H]1C[C@@H]([C@H](C)CN)C1. The summed E-state index contributed by atoms with van der Waals surface area (Å²) in [5.41, 5.74) is 5.57. The topological polar surface area (TPSA) is 26.0 Å². The summed E-state index contributed by atoms with van der Waals surface area (Å²) in [6, 6.07) is 0. The first-order valence-electron chi connectivity index (χ1n) is 4.48. The van der Waals surface area contributed by atoms with Crippen molar-refractivity contribution in [3.05, 3.63) is 0 Å². The third kappa shape index (κ3) is 1.51. The highest BCUT2D eigenvalue weighted by Gasteiger charge is 2.30. The minimum Gasteiger partial charge on any atom is -0.330 e. The maximum Gasteiger partial charge on any atom is -0.00489 e. The van der Waals surface area contributed by atoms with Gasteiger partial charge >= 0.3 is 0 Å². The Morgan fingerprint density at radius 2 is 2.10 bits per heavy atom. The van der Waals surface area contributed by atoms with Gasteiger partial charge in [-0.15, -0.1) is 0 Å². The zero-order chi connectivity index (χ0) is 7.56. The Morgan fingerprint density at radius 3 is 2.50 bits per heavy atom. The Labute approximate surface area is 64.0 Å². The van der Waals surface area contributed by atoms with Crippen LogP contribution in [0.3, 0.4) is 0 Å². The molecule has 0 amide bonds. The predicted molar refractivity (Wildman–Crippen MR) is 44.7 cm³/mol. The lowest BCUT2D eigenvalue weighted by molar-refractivity contribution is 0.133. The van der Waals surface area contributed by atoms with Gasteiger partial charge in [0.25, 0.3) is 0 Å². The minimum absolute atomic E-state index is 0.766. The van der Waals surface area contributed by atoms with Crippen molar-refractivity contribution in [3.63, 3.8) is 0 Å². The molecule has 1 rings (SSSR count). The lowest BCUT2D eigenvalue weighted by Gasteiger charge is -2.38. The van der Waals surface area contributed by atoms with E-state index in [-0.39, 0.29) is 0 Å². The average Bonchev–Trinajstić information content (AvgIpc) is 1.85. The monoisotopic (exact) mass is 141 g/mol. The first kappa shape index (κ1) is 8.06. The molecule has 1 aliphatic rings. The van der Waals surface area contributed by atoms with Crippen LogP contribution >= 0.6 is 0 Å². The second-order valence-electron chi connectivity index (χ2n) is 3.72. The molecule has 0 aromatic rings. The Bertz CT molecular complexity index is 94.9. The number of hydrogen-bond donors (Lipinski definition) is 1. The third-order valence-corrected chi connectivity index (χ3v) is 3.03. The smallest absolute Gasteiger partial charge is 0.00489 e. The highest BCUT2D eigenvalue weighted by molar-refractivity contribution is 4.82. The van der Waals surface area contributed by atoms with Gasteiger partial charge in [-0.3, -0.25) is 0 Å². The molecule has 2 N–H and O–H groups in total. The standard InChI is InChI=1S/C9H19N/c1-3-8-4-9(5-8)7(2)6-10/h7-9H,3-6,10H2,1-2H3/t7-,8-,9+/m1/s1. The molecule has 0 aromatic heterocycles. The lowest BCUT2D eigenvalue weighted by atomic mass is 9.68. The van der Waals surface area contributed by atoms with E-state index in [1.54, 1.807) is 0 Å². The highest BCUT2D eigenvalue weighted by Crippen LogP contribution is 2.39. The highest BCUT2D eigenvalue weighted by atomic mass is 14.6. The molecule has 1 fully saturated rings. The molecule has 0 spiro atoms. The molecular formula is C9H19N. The van der Waals surface area contributed by atoms with Gasteiger partial charge in [-0.05, 0) is 37.1 Å². The van der Waals surface area contributed by atoms with E-state index in [1.165, 1.54) is 19.3 Å². The minimum atomic E-state index is 0.766. The van der Waals surface area contributed by atoms with Crippen LogP contribution in [-0.4, -0.2) is 6.54 Å². The Balaban J connectivity index is 2.13. The second-order valence-corrected chi connectivity index (χ2v) is 3.72. The van der Waals surface area contributed by atoms with Crippen LogP contribution in [-0.2, 0) is 0 Å². The molecular weight excluding hydrogens is 122 g/mol. The van der Waals surface area contributed by atoms with Crippen LogP contribution in [0.5, 0.6) is 0 Å². The van der Waals surface area contributed by atoms with Gasteiger partial charge < -0.3 is 5.73 Å². The van der Waals surface area contributed by atoms with E-state index in [0.717, 1.165) is 24.3 Å².